The first-order valence-corrected chi connectivity index (χ1v) is 9.70. The molecular weight excluding hydrogens is 372 g/mol. The number of furan rings is 1. The number of para-hydroxylation sites is 1. The summed E-state index contributed by atoms with van der Waals surface area (Å²) in [4.78, 5) is 42.8. The van der Waals surface area contributed by atoms with Crippen molar-refractivity contribution in [1.82, 2.24) is 4.98 Å². The first-order chi connectivity index (χ1) is 12.6. The molecule has 4 heterocycles. The molecule has 1 fully saturated rings. The second kappa shape index (κ2) is 5.72. The molecule has 0 aliphatic carbocycles. The lowest BCUT2D eigenvalue weighted by Crippen LogP contribution is -2.32. The average molecular weight is 384 g/mol. The highest BCUT2D eigenvalue weighted by molar-refractivity contribution is 8.00. The van der Waals surface area contributed by atoms with Crippen molar-refractivity contribution < 1.29 is 14.0 Å². The molecule has 0 bridgehead atoms. The quantitative estimate of drug-likeness (QED) is 0.687. The minimum Gasteiger partial charge on any atom is -0.469 e. The number of aromatic amines is 1. The maximum absolute atomic E-state index is 13.2. The van der Waals surface area contributed by atoms with Gasteiger partial charge in [0.2, 0.25) is 11.8 Å². The van der Waals surface area contributed by atoms with Gasteiger partial charge >= 0.3 is 4.87 Å². The Balaban J connectivity index is 1.66. The van der Waals surface area contributed by atoms with Gasteiger partial charge in [-0.05, 0) is 24.3 Å². The highest BCUT2D eigenvalue weighted by Gasteiger charge is 2.57. The summed E-state index contributed by atoms with van der Waals surface area (Å²) in [6.45, 7) is 0. The van der Waals surface area contributed by atoms with Crippen LogP contribution in [-0.4, -0.2) is 22.0 Å². The van der Waals surface area contributed by atoms with Crippen molar-refractivity contribution in [2.45, 2.75) is 16.2 Å². The number of benzene rings is 1. The molecule has 2 aromatic heterocycles. The second-order valence-electron chi connectivity index (χ2n) is 6.11. The van der Waals surface area contributed by atoms with Crippen molar-refractivity contribution in [3.8, 4) is 0 Å². The van der Waals surface area contributed by atoms with Gasteiger partial charge in [0.05, 0.1) is 33.7 Å². The Morgan fingerprint density at radius 1 is 1.00 bits per heavy atom. The van der Waals surface area contributed by atoms with Gasteiger partial charge in [0, 0.05) is 0 Å². The number of nitrogens with one attached hydrogen (secondary N) is 1. The van der Waals surface area contributed by atoms with Crippen LogP contribution in [0.4, 0.5) is 5.69 Å². The van der Waals surface area contributed by atoms with Crippen LogP contribution in [0.25, 0.3) is 0 Å². The molecule has 0 spiro atoms. The van der Waals surface area contributed by atoms with E-state index in [1.54, 1.807) is 36.4 Å². The van der Waals surface area contributed by atoms with E-state index < -0.39 is 17.1 Å². The molecule has 5 rings (SSSR count). The van der Waals surface area contributed by atoms with E-state index in [4.69, 9.17) is 4.42 Å². The highest BCUT2D eigenvalue weighted by atomic mass is 32.2. The number of carbonyl (C=O) groups is 2. The fourth-order valence-corrected chi connectivity index (χ4v) is 6.12. The van der Waals surface area contributed by atoms with Crippen LogP contribution in [0.5, 0.6) is 0 Å². The third kappa shape index (κ3) is 2.15. The molecule has 0 unspecified atom stereocenters. The zero-order valence-electron chi connectivity index (χ0n) is 13.2. The lowest BCUT2D eigenvalue weighted by atomic mass is 9.87. The van der Waals surface area contributed by atoms with Crippen molar-refractivity contribution in [3.05, 3.63) is 69.0 Å². The minimum atomic E-state index is -0.599. The zero-order chi connectivity index (χ0) is 17.8. The van der Waals surface area contributed by atoms with E-state index in [1.165, 1.54) is 22.9 Å². The lowest BCUT2D eigenvalue weighted by Gasteiger charge is -2.27. The number of aromatic nitrogens is 1. The van der Waals surface area contributed by atoms with Gasteiger partial charge in [-0.1, -0.05) is 41.3 Å². The van der Waals surface area contributed by atoms with Gasteiger partial charge in [-0.25, -0.2) is 4.90 Å². The molecule has 3 aromatic rings. The summed E-state index contributed by atoms with van der Waals surface area (Å²) in [7, 11) is 0. The van der Waals surface area contributed by atoms with Crippen molar-refractivity contribution in [3.63, 3.8) is 0 Å². The Morgan fingerprint density at radius 2 is 1.81 bits per heavy atom. The molecule has 1 N–H and O–H groups in total. The number of hydrogen-bond donors (Lipinski definition) is 1. The van der Waals surface area contributed by atoms with E-state index in [-0.39, 0.29) is 16.7 Å². The number of hydrogen-bond acceptors (Lipinski definition) is 6. The van der Waals surface area contributed by atoms with Gasteiger partial charge in [-0.3, -0.25) is 14.4 Å². The van der Waals surface area contributed by atoms with Crippen LogP contribution in [0, 0.1) is 5.92 Å². The number of carbonyl (C=O) groups excluding carboxylic acids is 2. The summed E-state index contributed by atoms with van der Waals surface area (Å²) in [5.41, 5.74) is 0.563. The van der Waals surface area contributed by atoms with Crippen LogP contribution in [0.3, 0.4) is 0 Å². The Kier molecular flexibility index (Phi) is 3.44. The maximum atomic E-state index is 13.2. The number of nitrogens with zero attached hydrogens (tertiary/aromatic N) is 1. The molecule has 26 heavy (non-hydrogen) atoms. The Morgan fingerprint density at radius 3 is 2.54 bits per heavy atom. The predicted octanol–water partition coefficient (Wildman–Crippen LogP) is 2.83. The zero-order valence-corrected chi connectivity index (χ0v) is 14.9. The van der Waals surface area contributed by atoms with Crippen LogP contribution in [0.15, 0.2) is 63.0 Å². The number of imide groups is 1. The van der Waals surface area contributed by atoms with Crippen LogP contribution in [0.1, 0.15) is 16.6 Å². The normalized spacial score (nSPS) is 24.6. The molecule has 2 aliphatic rings. The number of amides is 2. The summed E-state index contributed by atoms with van der Waals surface area (Å²) in [5, 5.41) is 0.0641. The van der Waals surface area contributed by atoms with E-state index in [0.29, 0.717) is 16.5 Å². The molecule has 130 valence electrons. The number of H-pyrrole nitrogens is 1. The molecule has 1 saturated heterocycles. The van der Waals surface area contributed by atoms with E-state index in [1.807, 2.05) is 6.07 Å². The van der Waals surface area contributed by atoms with Gasteiger partial charge in [0.25, 0.3) is 0 Å². The predicted molar refractivity (Wildman–Crippen MR) is 97.6 cm³/mol. The topological polar surface area (TPSA) is 83.4 Å². The molecule has 6 nitrogen and oxygen atoms in total. The third-order valence-electron chi connectivity index (χ3n) is 4.69. The average Bonchev–Trinajstić information content (AvgIpc) is 3.34. The van der Waals surface area contributed by atoms with Crippen molar-refractivity contribution >= 4 is 40.6 Å². The minimum absolute atomic E-state index is 0.196. The summed E-state index contributed by atoms with van der Waals surface area (Å²) in [6.07, 6.45) is 1.54. The van der Waals surface area contributed by atoms with E-state index in [2.05, 4.69) is 4.98 Å². The Labute approximate surface area is 155 Å². The van der Waals surface area contributed by atoms with Crippen molar-refractivity contribution in [2.75, 3.05) is 4.90 Å². The van der Waals surface area contributed by atoms with Crippen LogP contribution in [0.2, 0.25) is 0 Å². The third-order valence-corrected chi connectivity index (χ3v) is 7.09. The van der Waals surface area contributed by atoms with Crippen molar-refractivity contribution in [1.29, 1.82) is 0 Å². The largest absolute Gasteiger partial charge is 0.469 e. The number of thiazole rings is 1. The fourth-order valence-electron chi connectivity index (χ4n) is 3.62. The number of thioether (sulfide) groups is 1. The van der Waals surface area contributed by atoms with E-state index >= 15 is 0 Å². The summed E-state index contributed by atoms with van der Waals surface area (Å²) in [5.74, 6) is -0.969. The number of anilines is 1. The van der Waals surface area contributed by atoms with Gasteiger partial charge in [-0.2, -0.15) is 0 Å². The van der Waals surface area contributed by atoms with Crippen molar-refractivity contribution in [2.24, 2.45) is 5.92 Å². The molecule has 8 heteroatoms. The molecule has 2 aliphatic heterocycles. The Hall–Kier alpha value is -2.58. The smallest absolute Gasteiger partial charge is 0.305 e. The first kappa shape index (κ1) is 15.7. The van der Waals surface area contributed by atoms with Gasteiger partial charge in [0.15, 0.2) is 0 Å². The molecule has 2 amide bonds. The molecule has 3 atom stereocenters. The summed E-state index contributed by atoms with van der Waals surface area (Å²) >= 11 is 2.33. The molecular formula is C18H12N2O4S2. The summed E-state index contributed by atoms with van der Waals surface area (Å²) < 4.78 is 5.57. The van der Waals surface area contributed by atoms with Crippen LogP contribution in [-0.2, 0) is 9.59 Å². The van der Waals surface area contributed by atoms with E-state index in [9.17, 15) is 14.4 Å². The second-order valence-corrected chi connectivity index (χ2v) is 8.28. The molecule has 0 saturated carbocycles. The number of rotatable bonds is 2. The molecule has 0 radical (unpaired) electrons. The first-order valence-electron chi connectivity index (χ1n) is 8.01. The highest BCUT2D eigenvalue weighted by Crippen LogP contribution is 2.53. The van der Waals surface area contributed by atoms with Gasteiger partial charge in [0.1, 0.15) is 11.0 Å². The fraction of sp³-hybridized carbons (Fsp3) is 0.167. The number of fused-ring (bicyclic) bond motifs is 2. The lowest BCUT2D eigenvalue weighted by molar-refractivity contribution is -0.122. The van der Waals surface area contributed by atoms with Gasteiger partial charge < -0.3 is 9.40 Å². The SMILES string of the molecule is O=C1[C@H]2[C@H](c3ccco3)c3sc(=O)[nH]c3S[C@H]2C(=O)N1c1ccccc1. The maximum Gasteiger partial charge on any atom is 0.305 e. The van der Waals surface area contributed by atoms with Crippen LogP contribution >= 0.6 is 23.1 Å². The standard InChI is InChI=1S/C18H12N2O4S2/c21-16-12-11(10-7-4-8-24-10)13-15(19-18(23)26-13)25-14(12)17(22)20(16)9-5-2-1-3-6-9/h1-8,11-12,14H,(H,19,23)/t11-,12-,14+/m0/s1. The molecule has 1 aromatic carbocycles. The van der Waals surface area contributed by atoms with E-state index in [0.717, 1.165) is 16.2 Å². The van der Waals surface area contributed by atoms with Crippen LogP contribution < -0.4 is 9.77 Å². The van der Waals surface area contributed by atoms with Gasteiger partial charge in [-0.15, -0.1) is 0 Å². The summed E-state index contributed by atoms with van der Waals surface area (Å²) in [6, 6.07) is 12.5. The monoisotopic (exact) mass is 384 g/mol. The Bertz CT molecular complexity index is 1050.